The van der Waals surface area contributed by atoms with Gasteiger partial charge in [-0.3, -0.25) is 9.48 Å². The molecule has 90 valence electrons. The summed E-state index contributed by atoms with van der Waals surface area (Å²) in [4.78, 5) is 13.1. The van der Waals surface area contributed by atoms with E-state index in [1.807, 2.05) is 18.5 Å². The highest BCUT2D eigenvalue weighted by Gasteiger charge is 2.09. The van der Waals surface area contributed by atoms with Crippen molar-refractivity contribution in [2.45, 2.75) is 19.8 Å². The zero-order valence-corrected chi connectivity index (χ0v) is 10.8. The molecular weight excluding hydrogens is 234 g/mol. The maximum absolute atomic E-state index is 11.9. The fourth-order valence-corrected chi connectivity index (χ4v) is 2.52. The van der Waals surface area contributed by atoms with Gasteiger partial charge in [0.1, 0.15) is 0 Å². The van der Waals surface area contributed by atoms with E-state index < -0.39 is 0 Å². The highest BCUT2D eigenvalue weighted by atomic mass is 32.1. The van der Waals surface area contributed by atoms with E-state index in [0.717, 1.165) is 12.8 Å². The summed E-state index contributed by atoms with van der Waals surface area (Å²) in [5, 5.41) is 8.77. The molecule has 2 aromatic rings. The van der Waals surface area contributed by atoms with E-state index in [1.54, 1.807) is 28.3 Å². The van der Waals surface area contributed by atoms with Gasteiger partial charge in [0.25, 0.3) is 5.91 Å². The van der Waals surface area contributed by atoms with Crippen LogP contribution >= 0.6 is 11.3 Å². The van der Waals surface area contributed by atoms with Crippen molar-refractivity contribution in [3.8, 4) is 0 Å². The van der Waals surface area contributed by atoms with Gasteiger partial charge in [-0.2, -0.15) is 5.10 Å². The molecule has 2 rings (SSSR count). The normalized spacial score (nSPS) is 10.5. The van der Waals surface area contributed by atoms with Crippen LogP contribution in [-0.2, 0) is 13.5 Å². The molecule has 0 aliphatic carbocycles. The van der Waals surface area contributed by atoms with E-state index in [2.05, 4.69) is 17.3 Å². The minimum absolute atomic E-state index is 0.0951. The number of nitrogens with zero attached hydrogens (tertiary/aromatic N) is 2. The van der Waals surface area contributed by atoms with Crippen molar-refractivity contribution in [3.63, 3.8) is 0 Å². The molecule has 0 aromatic carbocycles. The van der Waals surface area contributed by atoms with Crippen LogP contribution in [0.5, 0.6) is 0 Å². The van der Waals surface area contributed by atoms with Crippen LogP contribution in [0.15, 0.2) is 23.7 Å². The minimum atomic E-state index is -0.0951. The first kappa shape index (κ1) is 11.9. The maximum Gasteiger partial charge on any atom is 0.257 e. The number of carbonyl (C=O) groups is 1. The number of anilines is 1. The molecule has 0 saturated heterocycles. The van der Waals surface area contributed by atoms with Gasteiger partial charge < -0.3 is 5.32 Å². The Kier molecular flexibility index (Phi) is 3.58. The third-order valence-corrected chi connectivity index (χ3v) is 3.36. The summed E-state index contributed by atoms with van der Waals surface area (Å²) in [6, 6.07) is 3.73. The number of nitrogens with one attached hydrogen (secondary N) is 1. The van der Waals surface area contributed by atoms with Gasteiger partial charge in [-0.05, 0) is 12.5 Å². The van der Waals surface area contributed by atoms with Crippen LogP contribution in [-0.4, -0.2) is 15.7 Å². The largest absolute Gasteiger partial charge is 0.305 e. The van der Waals surface area contributed by atoms with Crippen molar-refractivity contribution in [3.05, 3.63) is 34.2 Å². The lowest BCUT2D eigenvalue weighted by Crippen LogP contribution is -2.11. The van der Waals surface area contributed by atoms with Crippen molar-refractivity contribution in [1.29, 1.82) is 0 Å². The monoisotopic (exact) mass is 249 g/mol. The van der Waals surface area contributed by atoms with Gasteiger partial charge >= 0.3 is 0 Å². The van der Waals surface area contributed by atoms with Gasteiger partial charge in [0.2, 0.25) is 0 Å². The van der Waals surface area contributed by atoms with Crippen LogP contribution in [0.4, 0.5) is 5.82 Å². The predicted octanol–water partition coefficient (Wildman–Crippen LogP) is 2.69. The zero-order chi connectivity index (χ0) is 12.3. The summed E-state index contributed by atoms with van der Waals surface area (Å²) in [7, 11) is 1.82. The van der Waals surface area contributed by atoms with Crippen molar-refractivity contribution >= 4 is 23.1 Å². The van der Waals surface area contributed by atoms with Crippen LogP contribution in [0.2, 0.25) is 0 Å². The molecule has 0 fully saturated rings. The van der Waals surface area contributed by atoms with Crippen LogP contribution in [0.25, 0.3) is 0 Å². The van der Waals surface area contributed by atoms with Gasteiger partial charge in [-0.25, -0.2) is 0 Å². The molecule has 4 nitrogen and oxygen atoms in total. The van der Waals surface area contributed by atoms with Crippen molar-refractivity contribution in [2.24, 2.45) is 7.05 Å². The molecule has 0 unspecified atom stereocenters. The van der Waals surface area contributed by atoms with Crippen LogP contribution < -0.4 is 5.32 Å². The van der Waals surface area contributed by atoms with E-state index in [9.17, 15) is 4.79 Å². The van der Waals surface area contributed by atoms with E-state index in [1.165, 1.54) is 4.88 Å². The third kappa shape index (κ3) is 2.94. The summed E-state index contributed by atoms with van der Waals surface area (Å²) in [5.41, 5.74) is 0.712. The summed E-state index contributed by atoms with van der Waals surface area (Å²) in [6.07, 6.45) is 3.93. The lowest BCUT2D eigenvalue weighted by atomic mass is 10.2. The Morgan fingerprint density at radius 3 is 3.06 bits per heavy atom. The molecule has 0 bridgehead atoms. The topological polar surface area (TPSA) is 46.9 Å². The van der Waals surface area contributed by atoms with Crippen LogP contribution in [0.1, 0.15) is 28.6 Å². The molecular formula is C12H15N3OS. The Balaban J connectivity index is 2.03. The number of hydrogen-bond acceptors (Lipinski definition) is 3. The molecule has 2 heterocycles. The lowest BCUT2D eigenvalue weighted by molar-refractivity contribution is 0.102. The number of carbonyl (C=O) groups excluding carboxylic acids is 1. The molecule has 0 saturated carbocycles. The van der Waals surface area contributed by atoms with E-state index in [4.69, 9.17) is 0 Å². The average Bonchev–Trinajstić information content (AvgIpc) is 2.88. The van der Waals surface area contributed by atoms with Crippen molar-refractivity contribution in [1.82, 2.24) is 9.78 Å². The first-order valence-electron chi connectivity index (χ1n) is 5.57. The molecule has 1 N–H and O–H groups in total. The molecule has 0 radical (unpaired) electrons. The smallest absolute Gasteiger partial charge is 0.257 e. The van der Waals surface area contributed by atoms with E-state index in [-0.39, 0.29) is 5.91 Å². The third-order valence-electron chi connectivity index (χ3n) is 2.37. The minimum Gasteiger partial charge on any atom is -0.305 e. The fourth-order valence-electron chi connectivity index (χ4n) is 1.55. The number of amides is 1. The SMILES string of the molecule is CCCc1cc(C(=O)Nc2ccn(C)n2)cs1. The predicted molar refractivity (Wildman–Crippen MR) is 69.5 cm³/mol. The highest BCUT2D eigenvalue weighted by molar-refractivity contribution is 7.10. The van der Waals surface area contributed by atoms with Crippen LogP contribution in [0, 0.1) is 0 Å². The summed E-state index contributed by atoms with van der Waals surface area (Å²) < 4.78 is 1.66. The summed E-state index contributed by atoms with van der Waals surface area (Å²) >= 11 is 1.63. The van der Waals surface area contributed by atoms with Crippen molar-refractivity contribution in [2.75, 3.05) is 5.32 Å². The standard InChI is InChI=1S/C12H15N3OS/c1-3-4-10-7-9(8-17-10)12(16)13-11-5-6-15(2)14-11/h5-8H,3-4H2,1-2H3,(H,13,14,16). The highest BCUT2D eigenvalue weighted by Crippen LogP contribution is 2.17. The Bertz CT molecular complexity index is 515. The number of hydrogen-bond donors (Lipinski definition) is 1. The molecule has 1 amide bonds. The summed E-state index contributed by atoms with van der Waals surface area (Å²) in [5.74, 6) is 0.489. The van der Waals surface area contributed by atoms with E-state index >= 15 is 0 Å². The Morgan fingerprint density at radius 1 is 1.59 bits per heavy atom. The summed E-state index contributed by atoms with van der Waals surface area (Å²) in [6.45, 7) is 2.13. The lowest BCUT2D eigenvalue weighted by Gasteiger charge is -1.98. The van der Waals surface area contributed by atoms with Gasteiger partial charge in [0.05, 0.1) is 5.56 Å². The molecule has 5 heteroatoms. The molecule has 0 aliphatic rings. The van der Waals surface area contributed by atoms with Gasteiger partial charge in [0, 0.05) is 29.6 Å². The molecule has 17 heavy (non-hydrogen) atoms. The second-order valence-electron chi connectivity index (χ2n) is 3.88. The molecule has 0 atom stereocenters. The first-order valence-corrected chi connectivity index (χ1v) is 6.45. The van der Waals surface area contributed by atoms with Gasteiger partial charge in [-0.1, -0.05) is 13.3 Å². The molecule has 0 spiro atoms. The first-order chi connectivity index (χ1) is 8.19. The second kappa shape index (κ2) is 5.14. The molecule has 2 aromatic heterocycles. The van der Waals surface area contributed by atoms with Gasteiger partial charge in [-0.15, -0.1) is 11.3 Å². The van der Waals surface area contributed by atoms with E-state index in [0.29, 0.717) is 11.4 Å². The number of aromatic nitrogens is 2. The second-order valence-corrected chi connectivity index (χ2v) is 4.88. The Labute approximate surface area is 104 Å². The zero-order valence-electron chi connectivity index (χ0n) is 9.93. The fraction of sp³-hybridized carbons (Fsp3) is 0.333. The Hall–Kier alpha value is -1.62. The number of aryl methyl sites for hydroxylation is 2. The van der Waals surface area contributed by atoms with Crippen molar-refractivity contribution < 1.29 is 4.79 Å². The number of rotatable bonds is 4. The number of thiophene rings is 1. The van der Waals surface area contributed by atoms with Crippen LogP contribution in [0.3, 0.4) is 0 Å². The quantitative estimate of drug-likeness (QED) is 0.905. The maximum atomic E-state index is 11.9. The Morgan fingerprint density at radius 2 is 2.41 bits per heavy atom. The molecule has 0 aliphatic heterocycles. The average molecular weight is 249 g/mol. The van der Waals surface area contributed by atoms with Gasteiger partial charge in [0.15, 0.2) is 5.82 Å².